The average molecular weight is 280 g/mol. The highest BCUT2D eigenvalue weighted by Crippen LogP contribution is 2.24. The Kier molecular flexibility index (Phi) is 3.71. The summed E-state index contributed by atoms with van der Waals surface area (Å²) in [6.45, 7) is 1.78. The van der Waals surface area contributed by atoms with Gasteiger partial charge in [0.05, 0.1) is 10.6 Å². The zero-order valence-electron chi connectivity index (χ0n) is 10.1. The van der Waals surface area contributed by atoms with Gasteiger partial charge in [0.1, 0.15) is 5.82 Å². The highest BCUT2D eigenvalue weighted by Gasteiger charge is 2.07. The maximum absolute atomic E-state index is 13.3. The zero-order valence-corrected chi connectivity index (χ0v) is 10.8. The van der Waals surface area contributed by atoms with Crippen LogP contribution in [0.4, 0.5) is 15.8 Å². The summed E-state index contributed by atoms with van der Waals surface area (Å²) in [6.07, 6.45) is 0. The Morgan fingerprint density at radius 2 is 2.00 bits per heavy atom. The summed E-state index contributed by atoms with van der Waals surface area (Å²) in [7, 11) is 0. The van der Waals surface area contributed by atoms with Crippen LogP contribution in [0.25, 0.3) is 0 Å². The molecule has 0 bridgehead atoms. The van der Waals surface area contributed by atoms with Crippen LogP contribution in [0.1, 0.15) is 15.9 Å². The maximum Gasteiger partial charge on any atom is 0.335 e. The Hall–Kier alpha value is -2.07. The number of nitrogens with one attached hydrogen (secondary N) is 1. The molecule has 2 N–H and O–H groups in total. The fraction of sp³-hybridized carbons (Fsp3) is 0.0714. The second kappa shape index (κ2) is 5.28. The van der Waals surface area contributed by atoms with Crippen LogP contribution in [0, 0.1) is 12.7 Å². The molecule has 0 aromatic heterocycles. The molecular formula is C14H11ClFNO2. The van der Waals surface area contributed by atoms with Crippen molar-refractivity contribution in [3.05, 3.63) is 58.4 Å². The number of halogens is 2. The first-order valence-corrected chi connectivity index (χ1v) is 5.91. The summed E-state index contributed by atoms with van der Waals surface area (Å²) in [4.78, 5) is 10.8. The van der Waals surface area contributed by atoms with Crippen LogP contribution in [0.2, 0.25) is 5.02 Å². The molecule has 0 saturated heterocycles. The smallest absolute Gasteiger partial charge is 0.335 e. The molecule has 0 fully saturated rings. The lowest BCUT2D eigenvalue weighted by Crippen LogP contribution is -1.99. The van der Waals surface area contributed by atoms with Crippen molar-refractivity contribution in [1.82, 2.24) is 0 Å². The molecule has 0 unspecified atom stereocenters. The second-order valence-corrected chi connectivity index (χ2v) is 4.50. The minimum atomic E-state index is -0.979. The quantitative estimate of drug-likeness (QED) is 0.884. The van der Waals surface area contributed by atoms with E-state index in [2.05, 4.69) is 5.32 Å². The van der Waals surface area contributed by atoms with Crippen LogP contribution < -0.4 is 5.32 Å². The maximum atomic E-state index is 13.3. The molecule has 2 aromatic carbocycles. The molecule has 0 aliphatic carbocycles. The molecule has 0 atom stereocenters. The van der Waals surface area contributed by atoms with E-state index >= 15 is 0 Å². The largest absolute Gasteiger partial charge is 0.478 e. The number of aromatic carboxylic acids is 1. The van der Waals surface area contributed by atoms with Gasteiger partial charge in [0.2, 0.25) is 0 Å². The van der Waals surface area contributed by atoms with Crippen LogP contribution in [0.5, 0.6) is 0 Å². The lowest BCUT2D eigenvalue weighted by molar-refractivity contribution is 0.0697. The van der Waals surface area contributed by atoms with Crippen LogP contribution in [0.15, 0.2) is 36.4 Å². The number of carbonyl (C=O) groups is 1. The van der Waals surface area contributed by atoms with E-state index in [1.807, 2.05) is 0 Å². The summed E-state index contributed by atoms with van der Waals surface area (Å²) >= 11 is 5.60. The highest BCUT2D eigenvalue weighted by atomic mass is 35.5. The third-order valence-corrected chi connectivity index (χ3v) is 2.98. The molecule has 0 aliphatic rings. The lowest BCUT2D eigenvalue weighted by atomic mass is 10.1. The predicted octanol–water partition coefficient (Wildman–Crippen LogP) is 4.23. The predicted molar refractivity (Wildman–Crippen MR) is 72.8 cm³/mol. The van der Waals surface area contributed by atoms with E-state index in [-0.39, 0.29) is 10.6 Å². The molecule has 0 spiro atoms. The average Bonchev–Trinajstić information content (AvgIpc) is 2.36. The highest BCUT2D eigenvalue weighted by molar-refractivity contribution is 6.30. The van der Waals surface area contributed by atoms with Gasteiger partial charge in [-0.3, -0.25) is 0 Å². The second-order valence-electron chi connectivity index (χ2n) is 4.09. The summed E-state index contributed by atoms with van der Waals surface area (Å²) in [5.74, 6) is -1.49. The first-order chi connectivity index (χ1) is 8.97. The van der Waals surface area contributed by atoms with Gasteiger partial charge in [-0.2, -0.15) is 0 Å². The summed E-state index contributed by atoms with van der Waals surface area (Å²) < 4.78 is 13.3. The molecule has 0 aliphatic heterocycles. The third kappa shape index (κ3) is 3.03. The van der Waals surface area contributed by atoms with E-state index < -0.39 is 11.8 Å². The van der Waals surface area contributed by atoms with Gasteiger partial charge in [-0.1, -0.05) is 11.6 Å². The Morgan fingerprint density at radius 1 is 1.26 bits per heavy atom. The summed E-state index contributed by atoms with van der Waals surface area (Å²) in [5, 5.41) is 11.9. The van der Waals surface area contributed by atoms with Crippen molar-refractivity contribution in [2.24, 2.45) is 0 Å². The molecule has 0 radical (unpaired) electrons. The number of hydrogen-bond acceptors (Lipinski definition) is 2. The van der Waals surface area contributed by atoms with Gasteiger partial charge in [-0.25, -0.2) is 9.18 Å². The van der Waals surface area contributed by atoms with Crippen LogP contribution >= 0.6 is 11.6 Å². The Bertz CT molecular complexity index is 643. The Balaban J connectivity index is 2.28. The minimum absolute atomic E-state index is 0.0588. The van der Waals surface area contributed by atoms with Crippen LogP contribution in [-0.2, 0) is 0 Å². The summed E-state index contributed by atoms with van der Waals surface area (Å²) in [5.41, 5.74) is 2.24. The van der Waals surface area contributed by atoms with Crippen molar-refractivity contribution in [3.63, 3.8) is 0 Å². The van der Waals surface area contributed by atoms with Crippen molar-refractivity contribution in [2.45, 2.75) is 6.92 Å². The molecule has 0 heterocycles. The molecule has 2 rings (SSSR count). The van der Waals surface area contributed by atoms with Crippen LogP contribution in [-0.4, -0.2) is 11.1 Å². The summed E-state index contributed by atoms with van der Waals surface area (Å²) in [6, 6.07) is 9.08. The van der Waals surface area contributed by atoms with Crippen molar-refractivity contribution >= 4 is 28.9 Å². The number of aryl methyl sites for hydroxylation is 1. The number of rotatable bonds is 3. The van der Waals surface area contributed by atoms with Gasteiger partial charge in [0.25, 0.3) is 0 Å². The molecule has 5 heteroatoms. The fourth-order valence-corrected chi connectivity index (χ4v) is 1.78. The van der Waals surface area contributed by atoms with Crippen molar-refractivity contribution < 1.29 is 14.3 Å². The first kappa shape index (κ1) is 13.4. The number of benzene rings is 2. The van der Waals surface area contributed by atoms with E-state index in [0.29, 0.717) is 11.4 Å². The number of hydrogen-bond donors (Lipinski definition) is 2. The van der Waals surface area contributed by atoms with Gasteiger partial charge in [-0.05, 0) is 48.9 Å². The Labute approximate surface area is 114 Å². The number of carboxylic acid groups (broad SMARTS) is 1. The van der Waals surface area contributed by atoms with Crippen molar-refractivity contribution in [2.75, 3.05) is 5.32 Å². The molecule has 0 saturated carbocycles. The zero-order chi connectivity index (χ0) is 14.0. The molecule has 2 aromatic rings. The molecule has 98 valence electrons. The molecule has 19 heavy (non-hydrogen) atoms. The third-order valence-electron chi connectivity index (χ3n) is 2.67. The van der Waals surface area contributed by atoms with Crippen molar-refractivity contribution in [3.8, 4) is 0 Å². The van der Waals surface area contributed by atoms with E-state index in [1.165, 1.54) is 18.2 Å². The van der Waals surface area contributed by atoms with E-state index in [0.717, 1.165) is 5.56 Å². The molecule has 3 nitrogen and oxygen atoms in total. The van der Waals surface area contributed by atoms with Crippen LogP contribution in [0.3, 0.4) is 0 Å². The minimum Gasteiger partial charge on any atom is -0.478 e. The SMILES string of the molecule is Cc1cc(C(=O)O)ccc1Nc1ccc(Cl)c(F)c1. The fourth-order valence-electron chi connectivity index (χ4n) is 1.67. The van der Waals surface area contributed by atoms with Gasteiger partial charge in [0, 0.05) is 11.4 Å². The van der Waals surface area contributed by atoms with Crippen molar-refractivity contribution in [1.29, 1.82) is 0 Å². The van der Waals surface area contributed by atoms with E-state index in [9.17, 15) is 9.18 Å². The standard InChI is InChI=1S/C14H11ClFNO2/c1-8-6-9(14(18)19)2-5-13(8)17-10-3-4-11(15)12(16)7-10/h2-7,17H,1H3,(H,18,19). The van der Waals surface area contributed by atoms with Gasteiger partial charge in [0.15, 0.2) is 0 Å². The first-order valence-electron chi connectivity index (χ1n) is 5.53. The monoisotopic (exact) mass is 279 g/mol. The lowest BCUT2D eigenvalue weighted by Gasteiger charge is -2.10. The molecule has 0 amide bonds. The number of anilines is 2. The topological polar surface area (TPSA) is 49.3 Å². The number of carboxylic acids is 1. The van der Waals surface area contributed by atoms with Gasteiger partial charge in [-0.15, -0.1) is 0 Å². The van der Waals surface area contributed by atoms with Gasteiger partial charge >= 0.3 is 5.97 Å². The molecular weight excluding hydrogens is 269 g/mol. The normalized spacial score (nSPS) is 10.3. The Morgan fingerprint density at radius 3 is 2.58 bits per heavy atom. The van der Waals surface area contributed by atoms with E-state index in [4.69, 9.17) is 16.7 Å². The van der Waals surface area contributed by atoms with E-state index in [1.54, 1.807) is 25.1 Å². The van der Waals surface area contributed by atoms with Gasteiger partial charge < -0.3 is 10.4 Å².